The fraction of sp³-hybridized carbons (Fsp3) is 0.688. The van der Waals surface area contributed by atoms with Crippen LogP contribution in [-0.4, -0.2) is 16.3 Å². The Morgan fingerprint density at radius 2 is 2.20 bits per heavy atom. The summed E-state index contributed by atoms with van der Waals surface area (Å²) in [5.41, 5.74) is 2.89. The van der Waals surface area contributed by atoms with Crippen molar-refractivity contribution in [3.63, 3.8) is 0 Å². The third-order valence-corrected chi connectivity index (χ3v) is 4.52. The van der Waals surface area contributed by atoms with E-state index in [1.54, 1.807) is 5.57 Å². The Hall–Kier alpha value is -0.610. The van der Waals surface area contributed by atoms with Crippen LogP contribution in [0.4, 0.5) is 0 Å². The molecule has 112 valence electrons. The largest absolute Gasteiger partial charge is 0.309 e. The molecule has 1 unspecified atom stereocenters. The Kier molecular flexibility index (Phi) is 5.85. The standard InChI is InChI=1S/C16H26BrN3/c1-4-18-15(10-13-8-6-5-7-9-13)16-14(17)11-19-20(16)12(2)3/h8,11-12,15,18H,4-7,9-10H2,1-3H3. The Balaban J connectivity index is 2.23. The van der Waals surface area contributed by atoms with Crippen molar-refractivity contribution in [2.45, 2.75) is 65.0 Å². The summed E-state index contributed by atoms with van der Waals surface area (Å²) < 4.78 is 3.26. The Morgan fingerprint density at radius 1 is 1.40 bits per heavy atom. The van der Waals surface area contributed by atoms with E-state index in [9.17, 15) is 0 Å². The highest BCUT2D eigenvalue weighted by molar-refractivity contribution is 9.10. The van der Waals surface area contributed by atoms with E-state index in [1.807, 2.05) is 6.20 Å². The van der Waals surface area contributed by atoms with Crippen molar-refractivity contribution in [1.29, 1.82) is 0 Å². The molecule has 20 heavy (non-hydrogen) atoms. The van der Waals surface area contributed by atoms with Gasteiger partial charge in [-0.05, 0) is 68.4 Å². The topological polar surface area (TPSA) is 29.9 Å². The van der Waals surface area contributed by atoms with Gasteiger partial charge in [0.1, 0.15) is 0 Å². The zero-order valence-corrected chi connectivity index (χ0v) is 14.4. The monoisotopic (exact) mass is 339 g/mol. The molecule has 0 spiro atoms. The number of allylic oxidation sites excluding steroid dienone is 1. The molecule has 0 aliphatic heterocycles. The van der Waals surface area contributed by atoms with Gasteiger partial charge in [-0.3, -0.25) is 4.68 Å². The smallest absolute Gasteiger partial charge is 0.0702 e. The normalized spacial score (nSPS) is 17.4. The first-order valence-electron chi connectivity index (χ1n) is 7.77. The first kappa shape index (κ1) is 15.8. The molecule has 1 aliphatic carbocycles. The van der Waals surface area contributed by atoms with Gasteiger partial charge in [0.25, 0.3) is 0 Å². The van der Waals surface area contributed by atoms with Crippen molar-refractivity contribution in [3.8, 4) is 0 Å². The third-order valence-electron chi connectivity index (χ3n) is 3.91. The first-order chi connectivity index (χ1) is 9.63. The minimum Gasteiger partial charge on any atom is -0.309 e. The molecule has 1 aromatic heterocycles. The zero-order valence-electron chi connectivity index (χ0n) is 12.8. The lowest BCUT2D eigenvalue weighted by atomic mass is 9.93. The number of nitrogens with zero attached hydrogens (tertiary/aromatic N) is 2. The van der Waals surface area contributed by atoms with Gasteiger partial charge in [-0.1, -0.05) is 18.6 Å². The van der Waals surface area contributed by atoms with Crippen LogP contribution in [-0.2, 0) is 0 Å². The molecule has 3 nitrogen and oxygen atoms in total. The summed E-state index contributed by atoms with van der Waals surface area (Å²) >= 11 is 3.68. The number of aromatic nitrogens is 2. The average Bonchev–Trinajstić information content (AvgIpc) is 2.81. The van der Waals surface area contributed by atoms with E-state index >= 15 is 0 Å². The van der Waals surface area contributed by atoms with Crippen LogP contribution in [0.25, 0.3) is 0 Å². The van der Waals surface area contributed by atoms with Crippen LogP contribution >= 0.6 is 15.9 Å². The molecule has 1 heterocycles. The van der Waals surface area contributed by atoms with Crippen LogP contribution in [0.2, 0.25) is 0 Å². The second kappa shape index (κ2) is 7.41. The lowest BCUT2D eigenvalue weighted by Crippen LogP contribution is -2.25. The summed E-state index contributed by atoms with van der Waals surface area (Å²) in [6, 6.07) is 0.737. The van der Waals surface area contributed by atoms with E-state index in [0.29, 0.717) is 12.1 Å². The summed E-state index contributed by atoms with van der Waals surface area (Å²) in [5, 5.41) is 8.16. The van der Waals surface area contributed by atoms with Gasteiger partial charge in [-0.15, -0.1) is 0 Å². The maximum Gasteiger partial charge on any atom is 0.0702 e. The number of halogens is 1. The summed E-state index contributed by atoms with van der Waals surface area (Å²) in [6.07, 6.45) is 10.7. The molecular weight excluding hydrogens is 314 g/mol. The summed E-state index contributed by atoms with van der Waals surface area (Å²) in [4.78, 5) is 0. The third kappa shape index (κ3) is 3.73. The van der Waals surface area contributed by atoms with Crippen molar-refractivity contribution >= 4 is 15.9 Å². The molecule has 0 radical (unpaired) electrons. The van der Waals surface area contributed by atoms with Gasteiger partial charge in [0.05, 0.1) is 22.4 Å². The van der Waals surface area contributed by atoms with E-state index in [0.717, 1.165) is 17.4 Å². The Labute approximate surface area is 131 Å². The molecule has 0 amide bonds. The van der Waals surface area contributed by atoms with Gasteiger partial charge in [0, 0.05) is 6.04 Å². The summed E-state index contributed by atoms with van der Waals surface area (Å²) in [7, 11) is 0. The highest BCUT2D eigenvalue weighted by Crippen LogP contribution is 2.32. The highest BCUT2D eigenvalue weighted by Gasteiger charge is 2.22. The maximum atomic E-state index is 4.52. The maximum absolute atomic E-state index is 4.52. The fourth-order valence-electron chi connectivity index (χ4n) is 2.95. The molecular formula is C16H26BrN3. The molecule has 0 saturated heterocycles. The second-order valence-corrected chi connectivity index (χ2v) is 6.69. The molecule has 1 N–H and O–H groups in total. The van der Waals surface area contributed by atoms with Crippen molar-refractivity contribution in [1.82, 2.24) is 15.1 Å². The van der Waals surface area contributed by atoms with Crippen molar-refractivity contribution in [2.75, 3.05) is 6.54 Å². The van der Waals surface area contributed by atoms with Crippen molar-refractivity contribution < 1.29 is 0 Å². The van der Waals surface area contributed by atoms with Gasteiger partial charge in [0.2, 0.25) is 0 Å². The van der Waals surface area contributed by atoms with Gasteiger partial charge in [-0.25, -0.2) is 0 Å². The molecule has 1 atom stereocenters. The summed E-state index contributed by atoms with van der Waals surface area (Å²) in [6.45, 7) is 7.53. The fourth-order valence-corrected chi connectivity index (χ4v) is 3.50. The number of hydrogen-bond donors (Lipinski definition) is 1. The molecule has 2 rings (SSSR count). The molecule has 0 aromatic carbocycles. The SMILES string of the molecule is CCNC(CC1=CCCCC1)c1c(Br)cnn1C(C)C. The number of rotatable bonds is 6. The second-order valence-electron chi connectivity index (χ2n) is 5.84. The molecule has 1 aromatic rings. The first-order valence-corrected chi connectivity index (χ1v) is 8.57. The van der Waals surface area contributed by atoms with Crippen LogP contribution in [0, 0.1) is 0 Å². The highest BCUT2D eigenvalue weighted by atomic mass is 79.9. The van der Waals surface area contributed by atoms with Crippen LogP contribution < -0.4 is 5.32 Å². The van der Waals surface area contributed by atoms with Crippen LogP contribution in [0.15, 0.2) is 22.3 Å². The minimum atomic E-state index is 0.351. The quantitative estimate of drug-likeness (QED) is 0.756. The van der Waals surface area contributed by atoms with Gasteiger partial charge in [0.15, 0.2) is 0 Å². The van der Waals surface area contributed by atoms with E-state index in [1.165, 1.54) is 31.4 Å². The minimum absolute atomic E-state index is 0.351. The van der Waals surface area contributed by atoms with Crippen LogP contribution in [0.3, 0.4) is 0 Å². The average molecular weight is 340 g/mol. The van der Waals surface area contributed by atoms with E-state index in [4.69, 9.17) is 0 Å². The Morgan fingerprint density at radius 3 is 2.80 bits per heavy atom. The number of nitrogens with one attached hydrogen (secondary N) is 1. The molecule has 0 saturated carbocycles. The van der Waals surface area contributed by atoms with Gasteiger partial charge >= 0.3 is 0 Å². The van der Waals surface area contributed by atoms with Crippen molar-refractivity contribution in [3.05, 3.63) is 28.0 Å². The number of hydrogen-bond acceptors (Lipinski definition) is 2. The molecule has 0 bridgehead atoms. The van der Waals surface area contributed by atoms with Crippen LogP contribution in [0.5, 0.6) is 0 Å². The van der Waals surface area contributed by atoms with Crippen LogP contribution in [0.1, 0.15) is 70.7 Å². The molecule has 1 aliphatic rings. The predicted molar refractivity (Wildman–Crippen MR) is 87.9 cm³/mol. The van der Waals surface area contributed by atoms with E-state index in [-0.39, 0.29) is 0 Å². The zero-order chi connectivity index (χ0) is 14.5. The van der Waals surface area contributed by atoms with Crippen molar-refractivity contribution in [2.24, 2.45) is 0 Å². The lowest BCUT2D eigenvalue weighted by molar-refractivity contribution is 0.441. The van der Waals surface area contributed by atoms with Gasteiger partial charge in [-0.2, -0.15) is 5.10 Å². The van der Waals surface area contributed by atoms with E-state index < -0.39 is 0 Å². The lowest BCUT2D eigenvalue weighted by Gasteiger charge is -2.24. The Bertz CT molecular complexity index is 462. The summed E-state index contributed by atoms with van der Waals surface area (Å²) in [5.74, 6) is 0. The molecule has 0 fully saturated rings. The predicted octanol–water partition coefficient (Wildman–Crippen LogP) is 4.77. The molecule has 4 heteroatoms. The van der Waals surface area contributed by atoms with E-state index in [2.05, 4.69) is 57.9 Å². The van der Waals surface area contributed by atoms with Gasteiger partial charge < -0.3 is 5.32 Å².